The molecule has 1 N–H and O–H groups in total. The molecule has 0 aliphatic carbocycles. The summed E-state index contributed by atoms with van der Waals surface area (Å²) >= 11 is 8.03. The third kappa shape index (κ3) is 5.19. The van der Waals surface area contributed by atoms with Crippen LogP contribution in [0.4, 0.5) is 0 Å². The van der Waals surface area contributed by atoms with Crippen LogP contribution in [-0.2, 0) is 20.9 Å². The Bertz CT molecular complexity index is 1350. The molecule has 0 bridgehead atoms. The minimum absolute atomic E-state index is 0.100. The summed E-state index contributed by atoms with van der Waals surface area (Å²) in [6, 6.07) is 12.4. The molecule has 0 saturated heterocycles. The van der Waals surface area contributed by atoms with E-state index in [1.165, 1.54) is 11.8 Å². The molecule has 0 aromatic heterocycles. The lowest BCUT2D eigenvalue weighted by atomic mass is 9.93. The van der Waals surface area contributed by atoms with Gasteiger partial charge in [-0.2, -0.15) is 0 Å². The number of fused-ring (bicyclic) bond motifs is 2. The van der Waals surface area contributed by atoms with Gasteiger partial charge in [0.25, 0.3) is 0 Å². The molecule has 10 heteroatoms. The van der Waals surface area contributed by atoms with E-state index in [1.54, 1.807) is 26.8 Å². The van der Waals surface area contributed by atoms with E-state index in [4.69, 9.17) is 25.8 Å². The third-order valence-corrected chi connectivity index (χ3v) is 7.26. The van der Waals surface area contributed by atoms with E-state index in [2.05, 4.69) is 10.3 Å². The van der Waals surface area contributed by atoms with Crippen LogP contribution in [0.1, 0.15) is 44.4 Å². The summed E-state index contributed by atoms with van der Waals surface area (Å²) in [6.45, 7) is 5.94. The fourth-order valence-electron chi connectivity index (χ4n) is 4.38. The minimum Gasteiger partial charge on any atom is -0.459 e. The Hall–Kier alpha value is -3.43. The normalized spacial score (nSPS) is 18.0. The maximum absolute atomic E-state index is 13.2. The van der Waals surface area contributed by atoms with Crippen molar-refractivity contribution in [2.75, 3.05) is 6.79 Å². The number of carbonyl (C=O) groups is 2. The van der Waals surface area contributed by atoms with Crippen molar-refractivity contribution in [2.45, 2.75) is 45.9 Å². The number of thioether (sulfide) groups is 1. The number of amides is 1. The molecule has 0 fully saturated rings. The van der Waals surface area contributed by atoms with E-state index in [1.807, 2.05) is 46.7 Å². The summed E-state index contributed by atoms with van der Waals surface area (Å²) in [6.07, 6.45) is -0.196. The second-order valence-electron chi connectivity index (χ2n) is 9.01. The van der Waals surface area contributed by atoms with Gasteiger partial charge in [-0.3, -0.25) is 4.79 Å². The second-order valence-corrected chi connectivity index (χ2v) is 10.3. The number of hydrogen-bond donors (Lipinski definition) is 1. The summed E-state index contributed by atoms with van der Waals surface area (Å²) in [4.78, 5) is 32.8. The zero-order chi connectivity index (χ0) is 26.1. The minimum atomic E-state index is -0.574. The molecule has 3 heterocycles. The maximum atomic E-state index is 13.2. The molecule has 8 nitrogen and oxygen atoms in total. The highest BCUT2D eigenvalue weighted by molar-refractivity contribution is 8.16. The van der Waals surface area contributed by atoms with E-state index in [0.29, 0.717) is 39.5 Å². The van der Waals surface area contributed by atoms with Gasteiger partial charge in [0, 0.05) is 17.3 Å². The lowest BCUT2D eigenvalue weighted by Crippen LogP contribution is -2.38. The monoisotopic (exact) mass is 539 g/mol. The summed E-state index contributed by atoms with van der Waals surface area (Å²) < 4.78 is 16.3. The highest BCUT2D eigenvalue weighted by atomic mass is 35.5. The molecule has 0 unspecified atom stereocenters. The van der Waals surface area contributed by atoms with Crippen molar-refractivity contribution >= 4 is 40.4 Å². The van der Waals surface area contributed by atoms with Crippen molar-refractivity contribution in [3.8, 4) is 11.5 Å². The molecule has 0 saturated carbocycles. The number of aliphatic imine (C=N–C) groups is 1. The van der Waals surface area contributed by atoms with Crippen LogP contribution in [0.5, 0.6) is 11.5 Å². The van der Waals surface area contributed by atoms with E-state index < -0.39 is 12.0 Å². The fraction of sp³-hybridized carbons (Fsp3) is 0.296. The van der Waals surface area contributed by atoms with Crippen molar-refractivity contribution in [1.29, 1.82) is 0 Å². The van der Waals surface area contributed by atoms with Gasteiger partial charge in [-0.25, -0.2) is 9.79 Å². The van der Waals surface area contributed by atoms with E-state index in [-0.39, 0.29) is 25.2 Å². The number of allylic oxidation sites excluding steroid dienone is 1. The number of nitrogens with one attached hydrogen (secondary N) is 1. The van der Waals surface area contributed by atoms with Crippen LogP contribution in [0.25, 0.3) is 0 Å². The molecule has 37 heavy (non-hydrogen) atoms. The smallest absolute Gasteiger partial charge is 0.338 e. The fourth-order valence-corrected chi connectivity index (χ4v) is 5.58. The first-order chi connectivity index (χ1) is 17.8. The van der Waals surface area contributed by atoms with Gasteiger partial charge in [-0.15, -0.1) is 0 Å². The van der Waals surface area contributed by atoms with Gasteiger partial charge in [-0.1, -0.05) is 47.6 Å². The van der Waals surface area contributed by atoms with Crippen LogP contribution in [-0.4, -0.2) is 34.8 Å². The lowest BCUT2D eigenvalue weighted by Gasteiger charge is -2.36. The van der Waals surface area contributed by atoms with Gasteiger partial charge >= 0.3 is 5.97 Å². The number of ether oxygens (including phenoxy) is 3. The van der Waals surface area contributed by atoms with Gasteiger partial charge in [0.1, 0.15) is 0 Å². The molecule has 2 aromatic carbocycles. The highest BCUT2D eigenvalue weighted by Gasteiger charge is 2.42. The molecular weight excluding hydrogens is 514 g/mol. The molecule has 2 aromatic rings. The second kappa shape index (κ2) is 10.5. The lowest BCUT2D eigenvalue weighted by molar-refractivity contribution is -0.143. The molecule has 3 aliphatic rings. The summed E-state index contributed by atoms with van der Waals surface area (Å²) in [7, 11) is 0. The molecular formula is C27H26ClN3O5S. The van der Waals surface area contributed by atoms with Gasteiger partial charge in [-0.05, 0) is 55.5 Å². The van der Waals surface area contributed by atoms with Gasteiger partial charge in [0.05, 0.1) is 29.8 Å². The zero-order valence-electron chi connectivity index (χ0n) is 20.6. The maximum Gasteiger partial charge on any atom is 0.338 e. The standard InChI is InChI=1S/C27H26ClN3O5S/c1-15(2)36-26(33)24-16(3)30-27-31(25(24)19-6-4-5-7-20(19)28)18(13-37-27)11-23(32)29-12-17-8-9-21-22(10-17)35-14-34-21/h4-10,13,15,25H,11-12,14H2,1-3H3,(H,29,32)/t25-/m0/s1. The molecule has 0 radical (unpaired) electrons. The number of hydrogen-bond acceptors (Lipinski definition) is 8. The van der Waals surface area contributed by atoms with E-state index in [0.717, 1.165) is 16.8 Å². The Morgan fingerprint density at radius 2 is 2.00 bits per heavy atom. The summed E-state index contributed by atoms with van der Waals surface area (Å²) in [5, 5.41) is 6.06. The van der Waals surface area contributed by atoms with E-state index in [9.17, 15) is 9.59 Å². The van der Waals surface area contributed by atoms with Crippen molar-refractivity contribution in [2.24, 2.45) is 4.99 Å². The van der Waals surface area contributed by atoms with Crippen LogP contribution in [0.15, 0.2) is 69.8 Å². The number of amidine groups is 1. The molecule has 192 valence electrons. The first-order valence-electron chi connectivity index (χ1n) is 11.9. The quantitative estimate of drug-likeness (QED) is 0.477. The number of carbonyl (C=O) groups excluding carboxylic acids is 2. The average Bonchev–Trinajstić information content (AvgIpc) is 3.48. The first kappa shape index (κ1) is 25.2. The predicted molar refractivity (Wildman–Crippen MR) is 142 cm³/mol. The number of rotatable bonds is 7. The third-order valence-electron chi connectivity index (χ3n) is 6.03. The molecule has 1 atom stereocenters. The Morgan fingerprint density at radius 3 is 2.78 bits per heavy atom. The predicted octanol–water partition coefficient (Wildman–Crippen LogP) is 5.30. The van der Waals surface area contributed by atoms with Crippen molar-refractivity contribution in [1.82, 2.24) is 10.2 Å². The van der Waals surface area contributed by atoms with Crippen LogP contribution in [0.3, 0.4) is 0 Å². The van der Waals surface area contributed by atoms with Crippen molar-refractivity contribution in [3.05, 3.63) is 81.0 Å². The van der Waals surface area contributed by atoms with Crippen molar-refractivity contribution < 1.29 is 23.8 Å². The SMILES string of the molecule is CC1=C(C(=O)OC(C)C)[C@H](c2ccccc2Cl)N2C(CC(=O)NCc3ccc4c(c3)OCO4)=CSC2=N1. The Morgan fingerprint density at radius 1 is 1.22 bits per heavy atom. The number of esters is 1. The number of halogens is 1. The Kier molecular flexibility index (Phi) is 7.17. The van der Waals surface area contributed by atoms with Gasteiger partial charge < -0.3 is 24.4 Å². The number of benzene rings is 2. The van der Waals surface area contributed by atoms with Crippen molar-refractivity contribution in [3.63, 3.8) is 0 Å². The molecule has 5 rings (SSSR count). The largest absolute Gasteiger partial charge is 0.459 e. The molecule has 0 spiro atoms. The van der Waals surface area contributed by atoms with Crippen LogP contribution in [0, 0.1) is 0 Å². The highest BCUT2D eigenvalue weighted by Crippen LogP contribution is 2.46. The van der Waals surface area contributed by atoms with E-state index >= 15 is 0 Å². The Balaban J connectivity index is 1.38. The van der Waals surface area contributed by atoms with Gasteiger partial charge in [0.15, 0.2) is 16.7 Å². The summed E-state index contributed by atoms with van der Waals surface area (Å²) in [5.74, 6) is 0.743. The first-order valence-corrected chi connectivity index (χ1v) is 13.1. The average molecular weight is 540 g/mol. The zero-order valence-corrected chi connectivity index (χ0v) is 22.2. The van der Waals surface area contributed by atoms with Crippen LogP contribution >= 0.6 is 23.4 Å². The topological polar surface area (TPSA) is 89.5 Å². The molecule has 1 amide bonds. The van der Waals surface area contributed by atoms with Crippen LogP contribution in [0.2, 0.25) is 5.02 Å². The van der Waals surface area contributed by atoms with Crippen LogP contribution < -0.4 is 14.8 Å². The number of nitrogens with zero attached hydrogens (tertiary/aromatic N) is 2. The summed E-state index contributed by atoms with van der Waals surface area (Å²) in [5.41, 5.74) is 3.33. The Labute approximate surface area is 224 Å². The molecule has 3 aliphatic heterocycles. The van der Waals surface area contributed by atoms with Gasteiger partial charge in [0.2, 0.25) is 12.7 Å².